The van der Waals surface area contributed by atoms with E-state index in [4.69, 9.17) is 4.74 Å². The lowest BCUT2D eigenvalue weighted by Gasteiger charge is -2.33. The van der Waals surface area contributed by atoms with Crippen LogP contribution >= 0.6 is 0 Å². The van der Waals surface area contributed by atoms with Crippen LogP contribution in [0.5, 0.6) is 0 Å². The molecule has 2 fully saturated rings. The molecule has 0 aromatic heterocycles. The second-order valence-corrected chi connectivity index (χ2v) is 7.29. The number of likely N-dealkylation sites (tertiary alicyclic amines) is 2. The van der Waals surface area contributed by atoms with Gasteiger partial charge in [-0.2, -0.15) is 0 Å². The topological polar surface area (TPSA) is 49.9 Å². The Labute approximate surface area is 134 Å². The molecule has 0 unspecified atom stereocenters. The van der Waals surface area contributed by atoms with Crippen LogP contribution in [0.15, 0.2) is 0 Å². The lowest BCUT2D eigenvalue weighted by molar-refractivity contribution is -0.138. The van der Waals surface area contributed by atoms with Crippen molar-refractivity contribution in [3.8, 4) is 0 Å². The maximum Gasteiger partial charge on any atom is 0.227 e. The third-order valence-electron chi connectivity index (χ3n) is 4.55. The molecule has 0 saturated carbocycles. The SMILES string of the molecule is CC(C)COC1CCN(C(=O)[C@@H]2CC(=O)N(C(C)C)C2)CC1. The van der Waals surface area contributed by atoms with E-state index in [0.717, 1.165) is 32.5 Å². The number of amides is 2. The summed E-state index contributed by atoms with van der Waals surface area (Å²) in [7, 11) is 0. The molecular weight excluding hydrogens is 280 g/mol. The second-order valence-electron chi connectivity index (χ2n) is 7.29. The van der Waals surface area contributed by atoms with Crippen molar-refractivity contribution in [1.82, 2.24) is 9.80 Å². The number of carbonyl (C=O) groups excluding carboxylic acids is 2. The van der Waals surface area contributed by atoms with Crippen molar-refractivity contribution in [3.05, 3.63) is 0 Å². The van der Waals surface area contributed by atoms with E-state index in [1.807, 2.05) is 23.6 Å². The summed E-state index contributed by atoms with van der Waals surface area (Å²) >= 11 is 0. The Hall–Kier alpha value is -1.10. The minimum absolute atomic E-state index is 0.114. The fourth-order valence-corrected chi connectivity index (χ4v) is 3.23. The van der Waals surface area contributed by atoms with Gasteiger partial charge in [0.05, 0.1) is 12.0 Å². The molecule has 0 spiro atoms. The Balaban J connectivity index is 1.79. The zero-order chi connectivity index (χ0) is 16.3. The summed E-state index contributed by atoms with van der Waals surface area (Å²) in [6, 6.07) is 0.181. The smallest absolute Gasteiger partial charge is 0.227 e. The van der Waals surface area contributed by atoms with Crippen LogP contribution in [-0.2, 0) is 14.3 Å². The standard InChI is InChI=1S/C17H30N2O3/c1-12(2)11-22-15-5-7-18(8-6-15)17(21)14-9-16(20)19(10-14)13(3)4/h12-15H,5-11H2,1-4H3/t14-/m1/s1. The second kappa shape index (κ2) is 7.44. The monoisotopic (exact) mass is 310 g/mol. The van der Waals surface area contributed by atoms with Gasteiger partial charge in [0.1, 0.15) is 0 Å². The molecule has 2 aliphatic rings. The molecule has 2 saturated heterocycles. The quantitative estimate of drug-likeness (QED) is 0.779. The molecule has 2 amide bonds. The minimum Gasteiger partial charge on any atom is -0.378 e. The lowest BCUT2D eigenvalue weighted by atomic mass is 10.0. The van der Waals surface area contributed by atoms with Crippen molar-refractivity contribution in [2.45, 2.75) is 59.1 Å². The number of hydrogen-bond donors (Lipinski definition) is 0. The van der Waals surface area contributed by atoms with Gasteiger partial charge >= 0.3 is 0 Å². The van der Waals surface area contributed by atoms with Crippen LogP contribution in [0.3, 0.4) is 0 Å². The zero-order valence-corrected chi connectivity index (χ0v) is 14.4. The van der Waals surface area contributed by atoms with Crippen molar-refractivity contribution < 1.29 is 14.3 Å². The lowest BCUT2D eigenvalue weighted by Crippen LogP contribution is -2.44. The largest absolute Gasteiger partial charge is 0.378 e. The van der Waals surface area contributed by atoms with Crippen molar-refractivity contribution in [2.75, 3.05) is 26.2 Å². The summed E-state index contributed by atoms with van der Waals surface area (Å²) in [5, 5.41) is 0. The highest BCUT2D eigenvalue weighted by molar-refractivity contribution is 5.89. The average molecular weight is 310 g/mol. The van der Waals surface area contributed by atoms with E-state index in [1.54, 1.807) is 0 Å². The molecule has 22 heavy (non-hydrogen) atoms. The highest BCUT2D eigenvalue weighted by Gasteiger charge is 2.38. The Bertz CT molecular complexity index is 401. The highest BCUT2D eigenvalue weighted by Crippen LogP contribution is 2.24. The fraction of sp³-hybridized carbons (Fsp3) is 0.882. The Morgan fingerprint density at radius 3 is 2.36 bits per heavy atom. The van der Waals surface area contributed by atoms with E-state index in [2.05, 4.69) is 13.8 Å². The molecule has 0 aromatic carbocycles. The molecule has 0 N–H and O–H groups in total. The number of ether oxygens (including phenoxy) is 1. The normalized spacial score (nSPS) is 23.9. The van der Waals surface area contributed by atoms with E-state index in [9.17, 15) is 9.59 Å². The number of nitrogens with zero attached hydrogens (tertiary/aromatic N) is 2. The molecule has 5 heteroatoms. The Morgan fingerprint density at radius 1 is 1.23 bits per heavy atom. The first kappa shape index (κ1) is 17.3. The van der Waals surface area contributed by atoms with Crippen LogP contribution in [0.25, 0.3) is 0 Å². The maximum absolute atomic E-state index is 12.6. The first-order valence-electron chi connectivity index (χ1n) is 8.58. The first-order valence-corrected chi connectivity index (χ1v) is 8.58. The van der Waals surface area contributed by atoms with Crippen molar-refractivity contribution in [3.63, 3.8) is 0 Å². The summed E-state index contributed by atoms with van der Waals surface area (Å²) in [4.78, 5) is 28.3. The molecule has 2 rings (SSSR count). The van der Waals surface area contributed by atoms with Gasteiger partial charge in [-0.25, -0.2) is 0 Å². The van der Waals surface area contributed by atoms with Gasteiger partial charge in [-0.15, -0.1) is 0 Å². The van der Waals surface area contributed by atoms with Gasteiger partial charge in [-0.3, -0.25) is 9.59 Å². The van der Waals surface area contributed by atoms with Crippen molar-refractivity contribution in [1.29, 1.82) is 0 Å². The van der Waals surface area contributed by atoms with Crippen LogP contribution < -0.4 is 0 Å². The van der Waals surface area contributed by atoms with Gasteiger partial charge in [0, 0.05) is 38.7 Å². The van der Waals surface area contributed by atoms with Crippen molar-refractivity contribution >= 4 is 11.8 Å². The van der Waals surface area contributed by atoms with Gasteiger partial charge in [0.25, 0.3) is 0 Å². The van der Waals surface area contributed by atoms with Gasteiger partial charge < -0.3 is 14.5 Å². The molecule has 5 nitrogen and oxygen atoms in total. The number of piperidine rings is 1. The summed E-state index contributed by atoms with van der Waals surface area (Å²) < 4.78 is 5.86. The Morgan fingerprint density at radius 2 is 1.86 bits per heavy atom. The van der Waals surface area contributed by atoms with E-state index < -0.39 is 0 Å². The molecule has 1 atom stereocenters. The van der Waals surface area contributed by atoms with Crippen LogP contribution in [0.1, 0.15) is 47.0 Å². The summed E-state index contributed by atoms with van der Waals surface area (Å²) in [5.74, 6) is 0.663. The minimum atomic E-state index is -0.150. The maximum atomic E-state index is 12.6. The van der Waals surface area contributed by atoms with E-state index >= 15 is 0 Å². The fourth-order valence-electron chi connectivity index (χ4n) is 3.23. The van der Waals surface area contributed by atoms with E-state index in [0.29, 0.717) is 18.9 Å². The van der Waals surface area contributed by atoms with Crippen LogP contribution in [0, 0.1) is 11.8 Å². The summed E-state index contributed by atoms with van der Waals surface area (Å²) in [6.45, 7) is 11.2. The van der Waals surface area contributed by atoms with Gasteiger partial charge in [0.2, 0.25) is 11.8 Å². The number of rotatable bonds is 5. The van der Waals surface area contributed by atoms with E-state index in [1.165, 1.54) is 0 Å². The molecule has 0 bridgehead atoms. The number of carbonyl (C=O) groups is 2. The van der Waals surface area contributed by atoms with Crippen LogP contribution in [-0.4, -0.2) is 60.0 Å². The van der Waals surface area contributed by atoms with Crippen molar-refractivity contribution in [2.24, 2.45) is 11.8 Å². The molecular formula is C17H30N2O3. The molecule has 0 aliphatic carbocycles. The summed E-state index contributed by atoms with van der Waals surface area (Å²) in [5.41, 5.74) is 0. The molecule has 2 heterocycles. The molecule has 2 aliphatic heterocycles. The number of hydrogen-bond acceptors (Lipinski definition) is 3. The average Bonchev–Trinajstić information content (AvgIpc) is 2.87. The predicted octanol–water partition coefficient (Wildman–Crippen LogP) is 1.91. The molecule has 0 aromatic rings. The summed E-state index contributed by atoms with van der Waals surface area (Å²) in [6.07, 6.45) is 2.48. The predicted molar refractivity (Wildman–Crippen MR) is 85.3 cm³/mol. The van der Waals surface area contributed by atoms with Gasteiger partial charge in [-0.1, -0.05) is 13.8 Å². The third kappa shape index (κ3) is 4.22. The first-order chi connectivity index (χ1) is 10.4. The van der Waals surface area contributed by atoms with Crippen LogP contribution in [0.4, 0.5) is 0 Å². The third-order valence-corrected chi connectivity index (χ3v) is 4.55. The van der Waals surface area contributed by atoms with E-state index in [-0.39, 0.29) is 29.9 Å². The molecule has 126 valence electrons. The highest BCUT2D eigenvalue weighted by atomic mass is 16.5. The van der Waals surface area contributed by atoms with Gasteiger partial charge in [0.15, 0.2) is 0 Å². The van der Waals surface area contributed by atoms with Gasteiger partial charge in [-0.05, 0) is 32.6 Å². The zero-order valence-electron chi connectivity index (χ0n) is 14.4. The Kier molecular flexibility index (Phi) is 5.84. The van der Waals surface area contributed by atoms with Crippen LogP contribution in [0.2, 0.25) is 0 Å². The molecule has 0 radical (unpaired) electrons.